The van der Waals surface area contributed by atoms with Gasteiger partial charge in [0.25, 0.3) is 0 Å². The van der Waals surface area contributed by atoms with Gasteiger partial charge in [0, 0.05) is 12.2 Å². The Labute approximate surface area is 104 Å². The van der Waals surface area contributed by atoms with Gasteiger partial charge in [-0.05, 0) is 31.4 Å². The molecule has 5 heteroatoms. The highest BCUT2D eigenvalue weighted by atomic mass is 32.1. The normalized spacial score (nSPS) is 14.6. The summed E-state index contributed by atoms with van der Waals surface area (Å²) in [5, 5.41) is 0. The number of furan rings is 1. The second-order valence-electron chi connectivity index (χ2n) is 4.18. The first kappa shape index (κ1) is 10.5. The maximum Gasteiger partial charge on any atom is 0.177 e. The third-order valence-corrected chi connectivity index (χ3v) is 3.29. The van der Waals surface area contributed by atoms with E-state index in [0.29, 0.717) is 4.99 Å². The first-order chi connectivity index (χ1) is 8.27. The van der Waals surface area contributed by atoms with Gasteiger partial charge in [0.05, 0.1) is 6.26 Å². The lowest BCUT2D eigenvalue weighted by molar-refractivity contribution is 0.520. The van der Waals surface area contributed by atoms with E-state index in [0.717, 1.165) is 42.4 Å². The minimum Gasteiger partial charge on any atom is -0.461 e. The number of nitrogens with zero attached hydrogens (tertiary/aromatic N) is 2. The van der Waals surface area contributed by atoms with Crippen molar-refractivity contribution in [2.24, 2.45) is 5.73 Å². The van der Waals surface area contributed by atoms with Crippen molar-refractivity contribution < 1.29 is 4.42 Å². The molecule has 0 atom stereocenters. The molecule has 0 spiro atoms. The van der Waals surface area contributed by atoms with Crippen LogP contribution in [0, 0.1) is 0 Å². The predicted molar refractivity (Wildman–Crippen MR) is 68.8 cm³/mol. The van der Waals surface area contributed by atoms with E-state index in [1.54, 1.807) is 6.26 Å². The highest BCUT2D eigenvalue weighted by Gasteiger charge is 2.23. The molecule has 3 rings (SSSR count). The van der Waals surface area contributed by atoms with E-state index in [9.17, 15) is 0 Å². The summed E-state index contributed by atoms with van der Waals surface area (Å²) >= 11 is 5.06. The number of rotatable bonds is 2. The molecular formula is C12H13N3OS. The van der Waals surface area contributed by atoms with Crippen LogP contribution in [0.3, 0.4) is 0 Å². The van der Waals surface area contributed by atoms with Gasteiger partial charge in [0.2, 0.25) is 0 Å². The van der Waals surface area contributed by atoms with Crippen molar-refractivity contribution in [3.05, 3.63) is 29.8 Å². The van der Waals surface area contributed by atoms with E-state index in [1.165, 1.54) is 6.42 Å². The fraction of sp³-hybridized carbons (Fsp3) is 0.333. The fourth-order valence-electron chi connectivity index (χ4n) is 2.33. The quantitative estimate of drug-likeness (QED) is 0.826. The SMILES string of the molecule is NC(=S)c1nc(-c2ccco2)n2c1CCCC2. The number of aromatic nitrogens is 2. The Morgan fingerprint density at radius 2 is 2.35 bits per heavy atom. The molecule has 88 valence electrons. The summed E-state index contributed by atoms with van der Waals surface area (Å²) in [6.45, 7) is 0.959. The topological polar surface area (TPSA) is 57.0 Å². The van der Waals surface area contributed by atoms with E-state index in [-0.39, 0.29) is 0 Å². The Kier molecular flexibility index (Phi) is 2.48. The predicted octanol–water partition coefficient (Wildman–Crippen LogP) is 2.11. The molecule has 0 aromatic carbocycles. The second kappa shape index (κ2) is 4.00. The van der Waals surface area contributed by atoms with E-state index in [1.807, 2.05) is 12.1 Å². The van der Waals surface area contributed by atoms with Crippen LogP contribution in [0.1, 0.15) is 24.2 Å². The van der Waals surface area contributed by atoms with Crippen molar-refractivity contribution in [2.75, 3.05) is 0 Å². The van der Waals surface area contributed by atoms with Crippen LogP contribution in [0.25, 0.3) is 11.6 Å². The maximum absolute atomic E-state index is 5.73. The van der Waals surface area contributed by atoms with Crippen LogP contribution in [0.4, 0.5) is 0 Å². The van der Waals surface area contributed by atoms with Crippen molar-refractivity contribution in [3.8, 4) is 11.6 Å². The number of nitrogens with two attached hydrogens (primary N) is 1. The Morgan fingerprint density at radius 1 is 1.47 bits per heavy atom. The molecule has 0 unspecified atom stereocenters. The molecule has 4 nitrogen and oxygen atoms in total. The molecule has 0 aliphatic carbocycles. The van der Waals surface area contributed by atoms with E-state index < -0.39 is 0 Å². The molecule has 0 fully saturated rings. The number of fused-ring (bicyclic) bond motifs is 1. The van der Waals surface area contributed by atoms with Crippen LogP contribution in [-0.4, -0.2) is 14.5 Å². The number of thiocarbonyl (C=S) groups is 1. The van der Waals surface area contributed by atoms with Gasteiger partial charge in [-0.3, -0.25) is 0 Å². The third kappa shape index (κ3) is 1.67. The number of hydrogen-bond donors (Lipinski definition) is 1. The van der Waals surface area contributed by atoms with Gasteiger partial charge < -0.3 is 14.7 Å². The van der Waals surface area contributed by atoms with Crippen molar-refractivity contribution in [3.63, 3.8) is 0 Å². The Bertz CT molecular complexity index is 557. The van der Waals surface area contributed by atoms with Gasteiger partial charge in [-0.25, -0.2) is 4.98 Å². The van der Waals surface area contributed by atoms with Gasteiger partial charge in [0.15, 0.2) is 11.6 Å². The van der Waals surface area contributed by atoms with Crippen molar-refractivity contribution in [1.82, 2.24) is 9.55 Å². The Morgan fingerprint density at radius 3 is 3.06 bits per heavy atom. The summed E-state index contributed by atoms with van der Waals surface area (Å²) in [5.74, 6) is 1.61. The van der Waals surface area contributed by atoms with Crippen LogP contribution < -0.4 is 5.73 Å². The molecule has 2 aromatic rings. The third-order valence-electron chi connectivity index (χ3n) is 3.09. The Balaban J connectivity index is 2.19. The standard InChI is InChI=1S/C12H13N3OS/c13-11(17)10-8-4-1-2-6-15(8)12(14-10)9-5-3-7-16-9/h3,5,7H,1-2,4,6H2,(H2,13,17). The molecule has 3 heterocycles. The second-order valence-corrected chi connectivity index (χ2v) is 4.62. The molecule has 0 saturated carbocycles. The first-order valence-electron chi connectivity index (χ1n) is 5.70. The van der Waals surface area contributed by atoms with Crippen molar-refractivity contribution in [2.45, 2.75) is 25.8 Å². The van der Waals surface area contributed by atoms with Crippen LogP contribution in [0.2, 0.25) is 0 Å². The number of hydrogen-bond acceptors (Lipinski definition) is 3. The fourth-order valence-corrected chi connectivity index (χ4v) is 2.50. The lowest BCUT2D eigenvalue weighted by Gasteiger charge is -2.16. The summed E-state index contributed by atoms with van der Waals surface area (Å²) in [6.07, 6.45) is 4.97. The minimum atomic E-state index is 0.369. The van der Waals surface area contributed by atoms with Gasteiger partial charge in [-0.2, -0.15) is 0 Å². The number of imidazole rings is 1. The molecule has 0 amide bonds. The first-order valence-corrected chi connectivity index (χ1v) is 6.11. The zero-order chi connectivity index (χ0) is 11.8. The molecule has 0 radical (unpaired) electrons. The lowest BCUT2D eigenvalue weighted by Crippen LogP contribution is -2.16. The molecular weight excluding hydrogens is 234 g/mol. The highest BCUT2D eigenvalue weighted by Crippen LogP contribution is 2.27. The summed E-state index contributed by atoms with van der Waals surface area (Å²) in [4.78, 5) is 4.91. The molecule has 0 saturated heterocycles. The molecule has 2 aromatic heterocycles. The van der Waals surface area contributed by atoms with Crippen LogP contribution in [-0.2, 0) is 13.0 Å². The Hall–Kier alpha value is -1.62. The van der Waals surface area contributed by atoms with E-state index in [2.05, 4.69) is 9.55 Å². The summed E-state index contributed by atoms with van der Waals surface area (Å²) in [5.41, 5.74) is 7.63. The van der Waals surface area contributed by atoms with Crippen LogP contribution in [0.5, 0.6) is 0 Å². The van der Waals surface area contributed by atoms with Gasteiger partial charge in [-0.15, -0.1) is 0 Å². The monoisotopic (exact) mass is 247 g/mol. The maximum atomic E-state index is 5.73. The highest BCUT2D eigenvalue weighted by molar-refractivity contribution is 7.80. The molecule has 1 aliphatic heterocycles. The largest absolute Gasteiger partial charge is 0.461 e. The van der Waals surface area contributed by atoms with Crippen molar-refractivity contribution in [1.29, 1.82) is 0 Å². The lowest BCUT2D eigenvalue weighted by atomic mass is 10.1. The molecule has 1 aliphatic rings. The zero-order valence-electron chi connectivity index (χ0n) is 9.35. The average Bonchev–Trinajstić information content (AvgIpc) is 2.95. The molecule has 0 bridgehead atoms. The summed E-state index contributed by atoms with van der Waals surface area (Å²) in [7, 11) is 0. The summed E-state index contributed by atoms with van der Waals surface area (Å²) in [6, 6.07) is 3.77. The van der Waals surface area contributed by atoms with Crippen LogP contribution in [0.15, 0.2) is 22.8 Å². The summed E-state index contributed by atoms with van der Waals surface area (Å²) < 4.78 is 7.59. The van der Waals surface area contributed by atoms with Crippen LogP contribution >= 0.6 is 12.2 Å². The van der Waals surface area contributed by atoms with Crippen molar-refractivity contribution >= 4 is 17.2 Å². The van der Waals surface area contributed by atoms with E-state index >= 15 is 0 Å². The van der Waals surface area contributed by atoms with Gasteiger partial charge >= 0.3 is 0 Å². The zero-order valence-corrected chi connectivity index (χ0v) is 10.2. The molecule has 17 heavy (non-hydrogen) atoms. The van der Waals surface area contributed by atoms with Gasteiger partial charge in [-0.1, -0.05) is 12.2 Å². The minimum absolute atomic E-state index is 0.369. The van der Waals surface area contributed by atoms with Gasteiger partial charge in [0.1, 0.15) is 10.7 Å². The van der Waals surface area contributed by atoms with E-state index in [4.69, 9.17) is 22.4 Å². The average molecular weight is 247 g/mol. The molecule has 2 N–H and O–H groups in total. The smallest absolute Gasteiger partial charge is 0.177 e.